The first-order chi connectivity index (χ1) is 10.2. The molecule has 0 unspecified atom stereocenters. The van der Waals surface area contributed by atoms with Gasteiger partial charge in [-0.3, -0.25) is 5.32 Å². The molecule has 2 N–H and O–H groups in total. The molecule has 2 rings (SSSR count). The van der Waals surface area contributed by atoms with E-state index in [9.17, 15) is 14.7 Å². The zero-order chi connectivity index (χ0) is 16.5. The topological polar surface area (TPSA) is 88.5 Å². The number of aromatic nitrogens is 1. The number of nitrogens with one attached hydrogen (secondary N) is 1. The maximum absolute atomic E-state index is 11.9. The molecule has 0 spiro atoms. The summed E-state index contributed by atoms with van der Waals surface area (Å²) in [5, 5.41) is 12.5. The minimum Gasteiger partial charge on any atom is -0.477 e. The fourth-order valence-electron chi connectivity index (χ4n) is 1.89. The Labute approximate surface area is 132 Å². The molecule has 2 aromatic heterocycles. The summed E-state index contributed by atoms with van der Waals surface area (Å²) in [6.45, 7) is 7.20. The van der Waals surface area contributed by atoms with E-state index in [-0.39, 0.29) is 10.6 Å². The largest absolute Gasteiger partial charge is 0.477 e. The second-order valence-electron chi connectivity index (χ2n) is 5.75. The van der Waals surface area contributed by atoms with E-state index < -0.39 is 17.7 Å². The summed E-state index contributed by atoms with van der Waals surface area (Å²) in [5.74, 6) is -1.10. The number of aryl methyl sites for hydroxylation is 1. The fourth-order valence-corrected chi connectivity index (χ4v) is 2.88. The number of hydrogen-bond acceptors (Lipinski definition) is 5. The predicted octanol–water partition coefficient (Wildman–Crippen LogP) is 3.90. The Bertz CT molecular complexity index is 731. The van der Waals surface area contributed by atoms with Crippen LogP contribution in [-0.4, -0.2) is 27.8 Å². The minimum absolute atomic E-state index is 0.0432. The molecule has 0 aromatic carbocycles. The molecule has 2 heterocycles. The number of rotatable bonds is 3. The Kier molecular flexibility index (Phi) is 4.37. The average molecular weight is 322 g/mol. The number of fused-ring (bicyclic) bond motifs is 1. The summed E-state index contributed by atoms with van der Waals surface area (Å²) in [5.41, 5.74) is 0.443. The van der Waals surface area contributed by atoms with Gasteiger partial charge in [-0.05, 0) is 39.3 Å². The van der Waals surface area contributed by atoms with Crippen molar-refractivity contribution < 1.29 is 19.4 Å². The highest BCUT2D eigenvalue weighted by atomic mass is 32.1. The molecule has 0 fully saturated rings. The van der Waals surface area contributed by atoms with Crippen molar-refractivity contribution in [3.8, 4) is 0 Å². The number of ether oxygens (including phenoxy) is 1. The highest BCUT2D eigenvalue weighted by Gasteiger charge is 2.23. The number of carbonyl (C=O) groups excluding carboxylic acids is 1. The molecule has 0 saturated carbocycles. The SMILES string of the molecule is CCc1ccc2c(NC(=O)OC(C)(C)C)c(C(=O)O)sc2n1. The van der Waals surface area contributed by atoms with Crippen LogP contribution >= 0.6 is 11.3 Å². The first-order valence-corrected chi connectivity index (χ1v) is 7.68. The zero-order valence-corrected chi connectivity index (χ0v) is 13.7. The summed E-state index contributed by atoms with van der Waals surface area (Å²) < 4.78 is 5.18. The molecule has 1 amide bonds. The second-order valence-corrected chi connectivity index (χ2v) is 6.75. The number of nitrogens with zero attached hydrogens (tertiary/aromatic N) is 1. The Morgan fingerprint density at radius 2 is 2.05 bits per heavy atom. The molecule has 118 valence electrons. The van der Waals surface area contributed by atoms with Gasteiger partial charge in [0.15, 0.2) is 0 Å². The monoisotopic (exact) mass is 322 g/mol. The number of carboxylic acids is 1. The number of amides is 1. The third-order valence-corrected chi connectivity index (χ3v) is 3.88. The van der Waals surface area contributed by atoms with Crippen LogP contribution in [0.3, 0.4) is 0 Å². The Balaban J connectivity index is 2.44. The first kappa shape index (κ1) is 16.2. The van der Waals surface area contributed by atoms with Gasteiger partial charge in [0.05, 0.1) is 5.69 Å². The number of pyridine rings is 1. The van der Waals surface area contributed by atoms with Crippen LogP contribution in [0, 0.1) is 0 Å². The fraction of sp³-hybridized carbons (Fsp3) is 0.400. The normalized spacial score (nSPS) is 11.5. The van der Waals surface area contributed by atoms with Gasteiger partial charge in [0.1, 0.15) is 15.3 Å². The first-order valence-electron chi connectivity index (χ1n) is 6.87. The number of carboxylic acid groups (broad SMARTS) is 1. The van der Waals surface area contributed by atoms with Crippen molar-refractivity contribution in [3.05, 3.63) is 22.7 Å². The van der Waals surface area contributed by atoms with Crippen LogP contribution < -0.4 is 5.32 Å². The summed E-state index contributed by atoms with van der Waals surface area (Å²) >= 11 is 1.04. The van der Waals surface area contributed by atoms with Crippen LogP contribution in [0.2, 0.25) is 0 Å². The van der Waals surface area contributed by atoms with Gasteiger partial charge in [-0.25, -0.2) is 14.6 Å². The van der Waals surface area contributed by atoms with Gasteiger partial charge < -0.3 is 9.84 Å². The molecule has 0 atom stereocenters. The molecule has 2 aromatic rings. The van der Waals surface area contributed by atoms with Crippen LogP contribution in [0.15, 0.2) is 12.1 Å². The van der Waals surface area contributed by atoms with E-state index in [4.69, 9.17) is 4.74 Å². The Morgan fingerprint density at radius 3 is 2.59 bits per heavy atom. The summed E-state index contributed by atoms with van der Waals surface area (Å²) in [4.78, 5) is 28.4. The van der Waals surface area contributed by atoms with Crippen LogP contribution in [-0.2, 0) is 11.2 Å². The summed E-state index contributed by atoms with van der Waals surface area (Å²) in [6.07, 6.45) is 0.0692. The minimum atomic E-state index is -1.10. The van der Waals surface area contributed by atoms with Crippen molar-refractivity contribution in [2.24, 2.45) is 0 Å². The van der Waals surface area contributed by atoms with Gasteiger partial charge in [-0.15, -0.1) is 11.3 Å². The van der Waals surface area contributed by atoms with Crippen molar-refractivity contribution >= 4 is 39.3 Å². The van der Waals surface area contributed by atoms with Crippen LogP contribution in [0.4, 0.5) is 10.5 Å². The standard InChI is InChI=1S/C15H18N2O4S/c1-5-8-6-7-9-10(17-14(20)21-15(2,3)4)11(13(18)19)22-12(9)16-8/h6-7H,5H2,1-4H3,(H,17,20)(H,18,19). The van der Waals surface area contributed by atoms with Gasteiger partial charge in [-0.2, -0.15) is 0 Å². The maximum Gasteiger partial charge on any atom is 0.412 e. The summed E-state index contributed by atoms with van der Waals surface area (Å²) in [6, 6.07) is 3.60. The number of hydrogen-bond donors (Lipinski definition) is 2. The van der Waals surface area contributed by atoms with Gasteiger partial charge in [-0.1, -0.05) is 6.92 Å². The highest BCUT2D eigenvalue weighted by Crippen LogP contribution is 2.35. The summed E-state index contributed by atoms with van der Waals surface area (Å²) in [7, 11) is 0. The number of aromatic carboxylic acids is 1. The molecule has 0 aliphatic rings. The van der Waals surface area contributed by atoms with Crippen molar-refractivity contribution in [1.82, 2.24) is 4.98 Å². The highest BCUT2D eigenvalue weighted by molar-refractivity contribution is 7.21. The van der Waals surface area contributed by atoms with E-state index in [0.717, 1.165) is 23.5 Å². The molecule has 22 heavy (non-hydrogen) atoms. The molecule has 0 aliphatic heterocycles. The smallest absolute Gasteiger partial charge is 0.412 e. The van der Waals surface area contributed by atoms with Crippen LogP contribution in [0.1, 0.15) is 43.1 Å². The lowest BCUT2D eigenvalue weighted by atomic mass is 10.2. The van der Waals surface area contributed by atoms with E-state index in [1.165, 1.54) is 0 Å². The van der Waals surface area contributed by atoms with Gasteiger partial charge >= 0.3 is 12.1 Å². The average Bonchev–Trinajstić information content (AvgIpc) is 2.74. The van der Waals surface area contributed by atoms with Gasteiger partial charge in [0.2, 0.25) is 0 Å². The maximum atomic E-state index is 11.9. The lowest BCUT2D eigenvalue weighted by Crippen LogP contribution is -2.27. The lowest BCUT2D eigenvalue weighted by molar-refractivity contribution is 0.0636. The van der Waals surface area contributed by atoms with E-state index in [1.54, 1.807) is 26.8 Å². The second kappa shape index (κ2) is 5.92. The molecule has 0 aliphatic carbocycles. The van der Waals surface area contributed by atoms with Crippen LogP contribution in [0.25, 0.3) is 10.2 Å². The number of thiophene rings is 1. The van der Waals surface area contributed by atoms with Gasteiger partial charge in [0, 0.05) is 11.1 Å². The molecule has 0 bridgehead atoms. The molecular formula is C15H18N2O4S. The molecule has 7 heteroatoms. The van der Waals surface area contributed by atoms with E-state index in [2.05, 4.69) is 10.3 Å². The molecule has 0 saturated heterocycles. The predicted molar refractivity (Wildman–Crippen MR) is 85.8 cm³/mol. The van der Waals surface area contributed by atoms with Crippen molar-refractivity contribution in [2.45, 2.75) is 39.7 Å². The zero-order valence-electron chi connectivity index (χ0n) is 12.9. The Hall–Kier alpha value is -2.15. The molecular weight excluding hydrogens is 304 g/mol. The quantitative estimate of drug-likeness (QED) is 0.894. The van der Waals surface area contributed by atoms with E-state index >= 15 is 0 Å². The van der Waals surface area contributed by atoms with Crippen molar-refractivity contribution in [1.29, 1.82) is 0 Å². The molecule has 6 nitrogen and oxygen atoms in total. The third-order valence-electron chi connectivity index (χ3n) is 2.80. The lowest BCUT2D eigenvalue weighted by Gasteiger charge is -2.19. The van der Waals surface area contributed by atoms with E-state index in [1.807, 2.05) is 13.0 Å². The van der Waals surface area contributed by atoms with Crippen molar-refractivity contribution in [2.75, 3.05) is 5.32 Å². The van der Waals surface area contributed by atoms with Crippen molar-refractivity contribution in [3.63, 3.8) is 0 Å². The van der Waals surface area contributed by atoms with Crippen LogP contribution in [0.5, 0.6) is 0 Å². The molecule has 0 radical (unpaired) electrons. The van der Waals surface area contributed by atoms with E-state index in [0.29, 0.717) is 10.2 Å². The third kappa shape index (κ3) is 3.54. The number of carbonyl (C=O) groups is 2. The number of anilines is 1. The van der Waals surface area contributed by atoms with Gasteiger partial charge in [0.25, 0.3) is 0 Å². The Morgan fingerprint density at radius 1 is 1.36 bits per heavy atom.